The van der Waals surface area contributed by atoms with Crippen LogP contribution in [0.1, 0.15) is 12.0 Å². The van der Waals surface area contributed by atoms with Crippen LogP contribution in [0.3, 0.4) is 0 Å². The van der Waals surface area contributed by atoms with Gasteiger partial charge in [-0.15, -0.1) is 0 Å². The van der Waals surface area contributed by atoms with Crippen LogP contribution in [0.15, 0.2) is 24.3 Å². The Morgan fingerprint density at radius 1 is 1.40 bits per heavy atom. The molecular weight excluding hydrogens is 280 g/mol. The van der Waals surface area contributed by atoms with E-state index in [2.05, 4.69) is 5.32 Å². The van der Waals surface area contributed by atoms with Gasteiger partial charge in [0.25, 0.3) is 0 Å². The molecule has 0 unspecified atom stereocenters. The van der Waals surface area contributed by atoms with Gasteiger partial charge in [0.2, 0.25) is 11.8 Å². The minimum atomic E-state index is -0.718. The van der Waals surface area contributed by atoms with Crippen LogP contribution in [-0.4, -0.2) is 31.1 Å². The number of ether oxygens (including phenoxy) is 1. The summed E-state index contributed by atoms with van der Waals surface area (Å²) >= 11 is 5.81. The number of hydrogen-bond acceptors (Lipinski definition) is 3. The van der Waals surface area contributed by atoms with E-state index in [1.165, 1.54) is 0 Å². The SMILES string of the molecule is NC(=O)[C@@H](Cc1ccc(Cl)cc1)NC(=O)[C@H]1CCOC1. The topological polar surface area (TPSA) is 81.4 Å². The van der Waals surface area contributed by atoms with Gasteiger partial charge in [0.15, 0.2) is 0 Å². The number of amides is 2. The number of nitrogens with two attached hydrogens (primary N) is 1. The minimum Gasteiger partial charge on any atom is -0.381 e. The van der Waals surface area contributed by atoms with Gasteiger partial charge in [-0.05, 0) is 24.1 Å². The van der Waals surface area contributed by atoms with Gasteiger partial charge < -0.3 is 15.8 Å². The second-order valence-corrected chi connectivity index (χ2v) is 5.29. The summed E-state index contributed by atoms with van der Waals surface area (Å²) in [5.41, 5.74) is 6.24. The first-order valence-electron chi connectivity index (χ1n) is 6.48. The van der Waals surface area contributed by atoms with E-state index in [9.17, 15) is 9.59 Å². The van der Waals surface area contributed by atoms with Crippen molar-refractivity contribution in [3.05, 3.63) is 34.9 Å². The third kappa shape index (κ3) is 3.95. The second-order valence-electron chi connectivity index (χ2n) is 4.85. The van der Waals surface area contributed by atoms with Crippen LogP contribution in [0.2, 0.25) is 5.02 Å². The summed E-state index contributed by atoms with van der Waals surface area (Å²) < 4.78 is 5.16. The molecule has 0 spiro atoms. The van der Waals surface area contributed by atoms with Crippen molar-refractivity contribution in [2.45, 2.75) is 18.9 Å². The van der Waals surface area contributed by atoms with Crippen LogP contribution in [0.4, 0.5) is 0 Å². The van der Waals surface area contributed by atoms with E-state index in [-0.39, 0.29) is 11.8 Å². The zero-order valence-corrected chi connectivity index (χ0v) is 11.7. The monoisotopic (exact) mass is 296 g/mol. The average Bonchev–Trinajstić information content (AvgIpc) is 2.94. The molecule has 1 saturated heterocycles. The predicted molar refractivity (Wildman–Crippen MR) is 75.2 cm³/mol. The van der Waals surface area contributed by atoms with E-state index in [0.717, 1.165) is 5.56 Å². The minimum absolute atomic E-state index is 0.180. The lowest BCUT2D eigenvalue weighted by atomic mass is 10.0. The molecule has 108 valence electrons. The summed E-state index contributed by atoms with van der Waals surface area (Å²) in [7, 11) is 0. The Morgan fingerprint density at radius 2 is 2.10 bits per heavy atom. The highest BCUT2D eigenvalue weighted by molar-refractivity contribution is 6.30. The highest BCUT2D eigenvalue weighted by atomic mass is 35.5. The van der Waals surface area contributed by atoms with Gasteiger partial charge in [-0.3, -0.25) is 9.59 Å². The predicted octanol–water partition coefficient (Wildman–Crippen LogP) is 0.889. The molecule has 1 aromatic carbocycles. The highest BCUT2D eigenvalue weighted by Gasteiger charge is 2.27. The summed E-state index contributed by atoms with van der Waals surface area (Å²) in [6.45, 7) is 0.981. The van der Waals surface area contributed by atoms with Crippen LogP contribution in [0, 0.1) is 5.92 Å². The highest BCUT2D eigenvalue weighted by Crippen LogP contribution is 2.14. The standard InChI is InChI=1S/C14H17ClN2O3/c15-11-3-1-9(2-4-11)7-12(13(16)18)17-14(19)10-5-6-20-8-10/h1-4,10,12H,5-8H2,(H2,16,18)(H,17,19)/t10-,12+/m0/s1. The molecule has 1 heterocycles. The van der Waals surface area contributed by atoms with Crippen molar-refractivity contribution in [1.82, 2.24) is 5.32 Å². The largest absolute Gasteiger partial charge is 0.381 e. The van der Waals surface area contributed by atoms with Crippen LogP contribution in [0.25, 0.3) is 0 Å². The molecule has 1 aliphatic heterocycles. The van der Waals surface area contributed by atoms with Gasteiger partial charge in [-0.2, -0.15) is 0 Å². The maximum absolute atomic E-state index is 12.0. The fourth-order valence-corrected chi connectivity index (χ4v) is 2.24. The molecule has 0 radical (unpaired) electrons. The van der Waals surface area contributed by atoms with E-state index in [1.54, 1.807) is 12.1 Å². The molecule has 0 aliphatic carbocycles. The number of hydrogen-bond donors (Lipinski definition) is 2. The fourth-order valence-electron chi connectivity index (χ4n) is 2.11. The van der Waals surface area contributed by atoms with E-state index in [1.807, 2.05) is 12.1 Å². The van der Waals surface area contributed by atoms with Crippen LogP contribution in [-0.2, 0) is 20.7 Å². The van der Waals surface area contributed by atoms with Gasteiger partial charge in [0, 0.05) is 18.1 Å². The van der Waals surface area contributed by atoms with Gasteiger partial charge >= 0.3 is 0 Å². The molecule has 20 heavy (non-hydrogen) atoms. The lowest BCUT2D eigenvalue weighted by Crippen LogP contribution is -2.48. The second kappa shape index (κ2) is 6.72. The van der Waals surface area contributed by atoms with E-state index < -0.39 is 11.9 Å². The molecule has 2 amide bonds. The van der Waals surface area contributed by atoms with Crippen molar-refractivity contribution in [2.75, 3.05) is 13.2 Å². The molecule has 1 fully saturated rings. The van der Waals surface area contributed by atoms with Crippen molar-refractivity contribution >= 4 is 23.4 Å². The summed E-state index contributed by atoms with van der Waals surface area (Å²) in [4.78, 5) is 23.5. The summed E-state index contributed by atoms with van der Waals surface area (Å²) in [5, 5.41) is 3.32. The molecule has 6 heteroatoms. The number of halogens is 1. The smallest absolute Gasteiger partial charge is 0.240 e. The van der Waals surface area contributed by atoms with Crippen molar-refractivity contribution < 1.29 is 14.3 Å². The third-order valence-corrected chi connectivity index (χ3v) is 3.57. The first-order chi connectivity index (χ1) is 9.56. The Kier molecular flexibility index (Phi) is 4.98. The molecule has 0 saturated carbocycles. The quantitative estimate of drug-likeness (QED) is 0.846. The zero-order chi connectivity index (χ0) is 14.5. The Balaban J connectivity index is 1.98. The Bertz CT molecular complexity index is 484. The molecule has 1 aromatic rings. The molecule has 2 rings (SSSR count). The maximum Gasteiger partial charge on any atom is 0.240 e. The molecule has 0 aromatic heterocycles. The van der Waals surface area contributed by atoms with Gasteiger partial charge in [0.1, 0.15) is 6.04 Å². The Hall–Kier alpha value is -1.59. The van der Waals surface area contributed by atoms with Crippen LogP contribution < -0.4 is 11.1 Å². The summed E-state index contributed by atoms with van der Waals surface area (Å²) in [6.07, 6.45) is 1.03. The number of primary amides is 1. The van der Waals surface area contributed by atoms with Crippen molar-refractivity contribution in [3.8, 4) is 0 Å². The van der Waals surface area contributed by atoms with Gasteiger partial charge in [0.05, 0.1) is 12.5 Å². The lowest BCUT2D eigenvalue weighted by molar-refractivity contribution is -0.129. The van der Waals surface area contributed by atoms with Crippen molar-refractivity contribution in [1.29, 1.82) is 0 Å². The molecule has 1 aliphatic rings. The van der Waals surface area contributed by atoms with Crippen LogP contribution >= 0.6 is 11.6 Å². The molecular formula is C14H17ClN2O3. The lowest BCUT2D eigenvalue weighted by Gasteiger charge is -2.17. The van der Waals surface area contributed by atoms with Crippen molar-refractivity contribution in [3.63, 3.8) is 0 Å². The number of carbonyl (C=O) groups is 2. The maximum atomic E-state index is 12.0. The average molecular weight is 297 g/mol. The number of benzene rings is 1. The molecule has 2 atom stereocenters. The van der Waals surface area contributed by atoms with Crippen molar-refractivity contribution in [2.24, 2.45) is 11.7 Å². The van der Waals surface area contributed by atoms with Gasteiger partial charge in [-0.25, -0.2) is 0 Å². The molecule has 3 N–H and O–H groups in total. The fraction of sp³-hybridized carbons (Fsp3) is 0.429. The first-order valence-corrected chi connectivity index (χ1v) is 6.86. The molecule has 5 nitrogen and oxygen atoms in total. The Morgan fingerprint density at radius 3 is 2.65 bits per heavy atom. The summed E-state index contributed by atoms with van der Waals surface area (Å²) in [5.74, 6) is -0.922. The summed E-state index contributed by atoms with van der Waals surface area (Å²) in [6, 6.07) is 6.37. The number of carbonyl (C=O) groups excluding carboxylic acids is 2. The number of rotatable bonds is 5. The van der Waals surface area contributed by atoms with E-state index >= 15 is 0 Å². The third-order valence-electron chi connectivity index (χ3n) is 3.31. The van der Waals surface area contributed by atoms with Gasteiger partial charge in [-0.1, -0.05) is 23.7 Å². The zero-order valence-electron chi connectivity index (χ0n) is 11.0. The number of nitrogens with one attached hydrogen (secondary N) is 1. The van der Waals surface area contributed by atoms with Crippen LogP contribution in [0.5, 0.6) is 0 Å². The van der Waals surface area contributed by atoms with E-state index in [4.69, 9.17) is 22.1 Å². The van der Waals surface area contributed by atoms with E-state index in [0.29, 0.717) is 31.1 Å². The molecule has 0 bridgehead atoms. The first kappa shape index (κ1) is 14.8. The Labute approximate surface area is 122 Å². The normalized spacial score (nSPS) is 19.6.